The molecule has 0 aliphatic carbocycles. The fraction of sp³-hybridized carbons (Fsp3) is 0.0625. The fourth-order valence-electron chi connectivity index (χ4n) is 2.03. The first-order valence-corrected chi connectivity index (χ1v) is 6.37. The molecule has 3 nitrogen and oxygen atoms in total. The third kappa shape index (κ3) is 2.63. The van der Waals surface area contributed by atoms with E-state index in [0.717, 1.165) is 5.39 Å². The van der Waals surface area contributed by atoms with Crippen molar-refractivity contribution >= 4 is 16.6 Å². The normalized spacial score (nSPS) is 10.6. The van der Waals surface area contributed by atoms with Crippen LogP contribution in [0.5, 0.6) is 11.5 Å². The van der Waals surface area contributed by atoms with Crippen LogP contribution in [0.3, 0.4) is 0 Å². The van der Waals surface area contributed by atoms with Crippen molar-refractivity contribution in [3.05, 3.63) is 60.3 Å². The quantitative estimate of drug-likeness (QED) is 0.777. The van der Waals surface area contributed by atoms with E-state index in [4.69, 9.17) is 4.74 Å². The monoisotopic (exact) mass is 286 g/mol. The summed E-state index contributed by atoms with van der Waals surface area (Å²) in [4.78, 5) is 4.18. The lowest BCUT2D eigenvalue weighted by molar-refractivity contribution is 0.408. The van der Waals surface area contributed by atoms with Gasteiger partial charge >= 0.3 is 0 Å². The molecule has 3 aromatic rings. The zero-order valence-corrected chi connectivity index (χ0v) is 11.2. The van der Waals surface area contributed by atoms with Crippen molar-refractivity contribution in [3.8, 4) is 11.5 Å². The summed E-state index contributed by atoms with van der Waals surface area (Å²) in [5.41, 5.74) is 1.04. The second kappa shape index (κ2) is 5.36. The molecule has 0 atom stereocenters. The molecule has 2 aromatic carbocycles. The van der Waals surface area contributed by atoms with Crippen molar-refractivity contribution in [1.82, 2.24) is 4.98 Å². The minimum Gasteiger partial charge on any atom is -0.451 e. The van der Waals surface area contributed by atoms with E-state index < -0.39 is 17.4 Å². The number of hydrogen-bond donors (Lipinski definition) is 1. The van der Waals surface area contributed by atoms with Gasteiger partial charge in [-0.3, -0.25) is 4.98 Å². The number of rotatable bonds is 3. The Morgan fingerprint density at radius 1 is 1.05 bits per heavy atom. The number of fused-ring (bicyclic) bond motifs is 1. The summed E-state index contributed by atoms with van der Waals surface area (Å²) in [6, 6.07) is 11.1. The standard InChI is InChI=1S/C16H12F2N2O/c1-19-11-7-13(17)16(14(18)8-11)21-12-5-4-10-3-2-6-20-15(10)9-12/h2-9,19H,1H3. The number of aromatic nitrogens is 1. The minimum atomic E-state index is -0.763. The van der Waals surface area contributed by atoms with Gasteiger partial charge in [0.2, 0.25) is 0 Å². The molecule has 0 saturated heterocycles. The molecule has 21 heavy (non-hydrogen) atoms. The predicted octanol–water partition coefficient (Wildman–Crippen LogP) is 4.35. The Hall–Kier alpha value is -2.69. The highest BCUT2D eigenvalue weighted by molar-refractivity contribution is 5.79. The van der Waals surface area contributed by atoms with Gasteiger partial charge in [0.25, 0.3) is 0 Å². The van der Waals surface area contributed by atoms with E-state index in [9.17, 15) is 8.78 Å². The summed E-state index contributed by atoms with van der Waals surface area (Å²) in [5, 5.41) is 3.61. The summed E-state index contributed by atoms with van der Waals surface area (Å²) >= 11 is 0. The zero-order valence-electron chi connectivity index (χ0n) is 11.2. The van der Waals surface area contributed by atoms with Crippen molar-refractivity contribution in [3.63, 3.8) is 0 Å². The van der Waals surface area contributed by atoms with Crippen molar-refractivity contribution in [2.75, 3.05) is 12.4 Å². The SMILES string of the molecule is CNc1cc(F)c(Oc2ccc3cccnc3c2)c(F)c1. The molecule has 0 saturated carbocycles. The van der Waals surface area contributed by atoms with Crippen molar-refractivity contribution < 1.29 is 13.5 Å². The van der Waals surface area contributed by atoms with Gasteiger partial charge < -0.3 is 10.1 Å². The van der Waals surface area contributed by atoms with E-state index in [1.807, 2.05) is 12.1 Å². The molecule has 0 amide bonds. The van der Waals surface area contributed by atoms with Gasteiger partial charge in [-0.25, -0.2) is 8.78 Å². The largest absolute Gasteiger partial charge is 0.451 e. The number of halogens is 2. The van der Waals surface area contributed by atoms with Gasteiger partial charge in [-0.1, -0.05) is 6.07 Å². The Balaban J connectivity index is 1.98. The zero-order chi connectivity index (χ0) is 14.8. The van der Waals surface area contributed by atoms with Crippen LogP contribution in [0, 0.1) is 11.6 Å². The summed E-state index contributed by atoms with van der Waals surface area (Å²) in [7, 11) is 1.59. The lowest BCUT2D eigenvalue weighted by Gasteiger charge is -2.10. The molecule has 0 fully saturated rings. The Morgan fingerprint density at radius 3 is 2.52 bits per heavy atom. The molecule has 1 heterocycles. The van der Waals surface area contributed by atoms with Gasteiger partial charge in [0, 0.05) is 42.5 Å². The van der Waals surface area contributed by atoms with Gasteiger partial charge in [-0.15, -0.1) is 0 Å². The highest BCUT2D eigenvalue weighted by Crippen LogP contribution is 2.31. The second-order valence-electron chi connectivity index (χ2n) is 4.48. The molecule has 0 aliphatic rings. The number of ether oxygens (including phenoxy) is 1. The van der Waals surface area contributed by atoms with Crippen LogP contribution >= 0.6 is 0 Å². The molecule has 1 N–H and O–H groups in total. The molecular formula is C16H12F2N2O. The lowest BCUT2D eigenvalue weighted by Crippen LogP contribution is -1.96. The second-order valence-corrected chi connectivity index (χ2v) is 4.48. The van der Waals surface area contributed by atoms with Crippen molar-refractivity contribution in [1.29, 1.82) is 0 Å². The first-order valence-electron chi connectivity index (χ1n) is 6.37. The number of anilines is 1. The van der Waals surface area contributed by atoms with Gasteiger partial charge in [-0.2, -0.15) is 0 Å². The summed E-state index contributed by atoms with van der Waals surface area (Å²) in [6.45, 7) is 0. The topological polar surface area (TPSA) is 34.1 Å². The maximum absolute atomic E-state index is 13.9. The maximum atomic E-state index is 13.9. The van der Waals surface area contributed by atoms with Gasteiger partial charge in [-0.05, 0) is 18.2 Å². The Labute approximate surface area is 120 Å². The lowest BCUT2D eigenvalue weighted by atomic mass is 10.2. The van der Waals surface area contributed by atoms with Crippen LogP contribution in [-0.4, -0.2) is 12.0 Å². The van der Waals surface area contributed by atoms with E-state index >= 15 is 0 Å². The average molecular weight is 286 g/mol. The van der Waals surface area contributed by atoms with Crippen LogP contribution < -0.4 is 10.1 Å². The first-order chi connectivity index (χ1) is 10.2. The number of nitrogens with one attached hydrogen (secondary N) is 1. The minimum absolute atomic E-state index is 0.330. The summed E-state index contributed by atoms with van der Waals surface area (Å²) < 4.78 is 33.1. The highest BCUT2D eigenvalue weighted by Gasteiger charge is 2.13. The molecule has 0 radical (unpaired) electrons. The summed E-state index contributed by atoms with van der Waals surface area (Å²) in [6.07, 6.45) is 1.65. The van der Waals surface area contributed by atoms with E-state index in [1.165, 1.54) is 12.1 Å². The predicted molar refractivity (Wildman–Crippen MR) is 77.7 cm³/mol. The molecule has 5 heteroatoms. The van der Waals surface area contributed by atoms with E-state index in [1.54, 1.807) is 31.4 Å². The molecule has 0 unspecified atom stereocenters. The fourth-order valence-corrected chi connectivity index (χ4v) is 2.03. The Bertz CT molecular complexity index is 782. The third-order valence-electron chi connectivity index (χ3n) is 3.08. The van der Waals surface area contributed by atoms with Gasteiger partial charge in [0.05, 0.1) is 5.52 Å². The van der Waals surface area contributed by atoms with Crippen LogP contribution in [0.2, 0.25) is 0 Å². The number of hydrogen-bond acceptors (Lipinski definition) is 3. The molecule has 0 aliphatic heterocycles. The third-order valence-corrected chi connectivity index (χ3v) is 3.08. The van der Waals surface area contributed by atoms with Crippen molar-refractivity contribution in [2.45, 2.75) is 0 Å². The van der Waals surface area contributed by atoms with E-state index in [2.05, 4.69) is 10.3 Å². The van der Waals surface area contributed by atoms with Crippen LogP contribution in [0.4, 0.5) is 14.5 Å². The average Bonchev–Trinajstić information content (AvgIpc) is 2.50. The molecule has 106 valence electrons. The Kier molecular flexibility index (Phi) is 3.39. The number of pyridine rings is 1. The van der Waals surface area contributed by atoms with Crippen LogP contribution in [-0.2, 0) is 0 Å². The number of benzene rings is 2. The molecule has 0 bridgehead atoms. The molecule has 0 spiro atoms. The van der Waals surface area contributed by atoms with Crippen LogP contribution in [0.25, 0.3) is 10.9 Å². The van der Waals surface area contributed by atoms with E-state index in [-0.39, 0.29) is 0 Å². The van der Waals surface area contributed by atoms with Crippen molar-refractivity contribution in [2.24, 2.45) is 0 Å². The van der Waals surface area contributed by atoms with Crippen LogP contribution in [0.15, 0.2) is 48.7 Å². The molecule has 1 aromatic heterocycles. The highest BCUT2D eigenvalue weighted by atomic mass is 19.1. The molecule has 3 rings (SSSR count). The van der Waals surface area contributed by atoms with Gasteiger partial charge in [0.15, 0.2) is 17.4 Å². The first kappa shape index (κ1) is 13.3. The summed E-state index contributed by atoms with van der Waals surface area (Å²) in [5.74, 6) is -1.62. The molecular weight excluding hydrogens is 274 g/mol. The Morgan fingerprint density at radius 2 is 1.81 bits per heavy atom. The van der Waals surface area contributed by atoms with E-state index in [0.29, 0.717) is 17.0 Å². The smallest absolute Gasteiger partial charge is 0.198 e. The number of nitrogens with zero attached hydrogens (tertiary/aromatic N) is 1. The maximum Gasteiger partial charge on any atom is 0.198 e. The van der Waals surface area contributed by atoms with Crippen LogP contribution in [0.1, 0.15) is 0 Å². The van der Waals surface area contributed by atoms with Gasteiger partial charge in [0.1, 0.15) is 5.75 Å².